The van der Waals surface area contributed by atoms with Crippen LogP contribution in [-0.2, 0) is 6.54 Å². The van der Waals surface area contributed by atoms with E-state index >= 15 is 0 Å². The van der Waals surface area contributed by atoms with Gasteiger partial charge in [0.15, 0.2) is 0 Å². The molecule has 1 fully saturated rings. The molecule has 0 bridgehead atoms. The summed E-state index contributed by atoms with van der Waals surface area (Å²) < 4.78 is 2.51. The highest BCUT2D eigenvalue weighted by Crippen LogP contribution is 2.14. The van der Waals surface area contributed by atoms with Gasteiger partial charge >= 0.3 is 0 Å². The molecule has 88 valence electrons. The Morgan fingerprint density at radius 3 is 2.88 bits per heavy atom. The van der Waals surface area contributed by atoms with E-state index in [-0.39, 0.29) is 5.56 Å². The first kappa shape index (κ1) is 11.9. The number of nitrogens with zero attached hydrogens (tertiary/aromatic N) is 1. The lowest BCUT2D eigenvalue weighted by Crippen LogP contribution is -2.32. The lowest BCUT2D eigenvalue weighted by atomic mass is 9.98. The first-order chi connectivity index (χ1) is 7.66. The van der Waals surface area contributed by atoms with E-state index in [0.29, 0.717) is 10.4 Å². The van der Waals surface area contributed by atoms with Crippen LogP contribution in [-0.4, -0.2) is 17.7 Å². The van der Waals surface area contributed by atoms with Crippen molar-refractivity contribution in [2.24, 2.45) is 5.92 Å². The fraction of sp³-hybridized carbons (Fsp3) is 0.583. The molecule has 0 radical (unpaired) electrons. The summed E-state index contributed by atoms with van der Waals surface area (Å²) in [6, 6.07) is 1.88. The molecule has 2 heterocycles. The van der Waals surface area contributed by atoms with Gasteiger partial charge in [0, 0.05) is 12.7 Å². The van der Waals surface area contributed by atoms with Crippen LogP contribution in [0.2, 0.25) is 0 Å². The maximum atomic E-state index is 11.9. The van der Waals surface area contributed by atoms with Crippen molar-refractivity contribution in [3.8, 4) is 0 Å². The minimum absolute atomic E-state index is 0.0872. The summed E-state index contributed by atoms with van der Waals surface area (Å²) in [4.78, 5) is 11.9. The Morgan fingerprint density at radius 2 is 2.19 bits per heavy atom. The molecule has 0 aromatic carbocycles. The first-order valence-corrected chi connectivity index (χ1v) is 6.53. The summed E-state index contributed by atoms with van der Waals surface area (Å²) in [7, 11) is 0. The van der Waals surface area contributed by atoms with E-state index in [4.69, 9.17) is 0 Å². The number of aromatic nitrogens is 1. The molecule has 2 rings (SSSR count). The Kier molecular flexibility index (Phi) is 3.82. The van der Waals surface area contributed by atoms with E-state index in [2.05, 4.69) is 21.2 Å². The zero-order valence-corrected chi connectivity index (χ0v) is 11.1. The van der Waals surface area contributed by atoms with E-state index in [1.807, 2.05) is 23.8 Å². The monoisotopic (exact) mass is 284 g/mol. The zero-order valence-electron chi connectivity index (χ0n) is 9.50. The molecule has 1 aromatic rings. The second kappa shape index (κ2) is 5.15. The standard InChI is InChI=1S/C12H17BrN2O/c1-9-6-11(13)12(16)15(7-9)8-10-2-4-14-5-3-10/h6-7,10,14H,2-5,8H2,1H3. The van der Waals surface area contributed by atoms with Crippen molar-refractivity contribution in [3.63, 3.8) is 0 Å². The average molecular weight is 285 g/mol. The fourth-order valence-corrected chi connectivity index (χ4v) is 2.81. The Hall–Kier alpha value is -0.610. The highest BCUT2D eigenvalue weighted by Gasteiger charge is 2.14. The van der Waals surface area contributed by atoms with E-state index in [9.17, 15) is 4.79 Å². The number of pyridine rings is 1. The van der Waals surface area contributed by atoms with Gasteiger partial charge in [-0.05, 0) is 66.3 Å². The summed E-state index contributed by atoms with van der Waals surface area (Å²) in [6.45, 7) is 5.02. The van der Waals surface area contributed by atoms with Crippen molar-refractivity contribution < 1.29 is 0 Å². The van der Waals surface area contributed by atoms with Crippen LogP contribution in [0.25, 0.3) is 0 Å². The third-order valence-corrected chi connectivity index (χ3v) is 3.66. The number of rotatable bonds is 2. The van der Waals surface area contributed by atoms with Crippen LogP contribution in [0, 0.1) is 12.8 Å². The number of hydrogen-bond acceptors (Lipinski definition) is 2. The summed E-state index contributed by atoms with van der Waals surface area (Å²) in [5, 5.41) is 3.34. The zero-order chi connectivity index (χ0) is 11.5. The lowest BCUT2D eigenvalue weighted by Gasteiger charge is -2.23. The summed E-state index contributed by atoms with van der Waals surface area (Å²) in [5.74, 6) is 0.632. The highest BCUT2D eigenvalue weighted by molar-refractivity contribution is 9.10. The van der Waals surface area contributed by atoms with Gasteiger partial charge in [-0.25, -0.2) is 0 Å². The maximum Gasteiger partial charge on any atom is 0.264 e. The largest absolute Gasteiger partial charge is 0.317 e. The molecule has 1 aromatic heterocycles. The number of nitrogens with one attached hydrogen (secondary N) is 1. The molecular formula is C12H17BrN2O. The molecule has 1 aliphatic heterocycles. The maximum absolute atomic E-state index is 11.9. The van der Waals surface area contributed by atoms with E-state index in [0.717, 1.165) is 38.0 Å². The molecular weight excluding hydrogens is 268 g/mol. The fourth-order valence-electron chi connectivity index (χ4n) is 2.22. The van der Waals surface area contributed by atoms with Crippen LogP contribution >= 0.6 is 15.9 Å². The van der Waals surface area contributed by atoms with Crippen molar-refractivity contribution in [2.45, 2.75) is 26.3 Å². The molecule has 0 unspecified atom stereocenters. The number of hydrogen-bond donors (Lipinski definition) is 1. The van der Waals surface area contributed by atoms with Crippen molar-refractivity contribution >= 4 is 15.9 Å². The van der Waals surface area contributed by atoms with Gasteiger partial charge < -0.3 is 9.88 Å². The highest BCUT2D eigenvalue weighted by atomic mass is 79.9. The van der Waals surface area contributed by atoms with E-state index < -0.39 is 0 Å². The Labute approximate surface area is 104 Å². The third kappa shape index (κ3) is 2.74. The predicted molar refractivity (Wildman–Crippen MR) is 68.7 cm³/mol. The van der Waals surface area contributed by atoms with Gasteiger partial charge in [0.25, 0.3) is 5.56 Å². The van der Waals surface area contributed by atoms with Crippen LogP contribution < -0.4 is 10.9 Å². The molecule has 16 heavy (non-hydrogen) atoms. The van der Waals surface area contributed by atoms with Crippen molar-refractivity contribution in [1.29, 1.82) is 0 Å². The average Bonchev–Trinajstić information content (AvgIpc) is 2.27. The number of aryl methyl sites for hydroxylation is 1. The number of piperidine rings is 1. The van der Waals surface area contributed by atoms with Crippen LogP contribution in [0.1, 0.15) is 18.4 Å². The third-order valence-electron chi connectivity index (χ3n) is 3.09. The van der Waals surface area contributed by atoms with E-state index in [1.54, 1.807) is 0 Å². The van der Waals surface area contributed by atoms with Crippen LogP contribution in [0.15, 0.2) is 21.5 Å². The quantitative estimate of drug-likeness (QED) is 0.900. The first-order valence-electron chi connectivity index (χ1n) is 5.74. The molecule has 1 N–H and O–H groups in total. The van der Waals surface area contributed by atoms with Crippen molar-refractivity contribution in [3.05, 3.63) is 32.7 Å². The molecule has 0 amide bonds. The van der Waals surface area contributed by atoms with Gasteiger partial charge in [-0.15, -0.1) is 0 Å². The number of halogens is 1. The molecule has 1 saturated heterocycles. The molecule has 1 aliphatic rings. The molecule has 0 saturated carbocycles. The summed E-state index contributed by atoms with van der Waals surface area (Å²) in [5.41, 5.74) is 1.21. The summed E-state index contributed by atoms with van der Waals surface area (Å²) >= 11 is 3.32. The second-order valence-corrected chi connectivity index (χ2v) is 5.37. The van der Waals surface area contributed by atoms with E-state index in [1.165, 1.54) is 0 Å². The predicted octanol–water partition coefficient (Wildman–Crippen LogP) is 1.92. The molecule has 0 atom stereocenters. The van der Waals surface area contributed by atoms with Crippen LogP contribution in [0.4, 0.5) is 0 Å². The van der Waals surface area contributed by atoms with Gasteiger partial charge in [-0.3, -0.25) is 4.79 Å². The van der Waals surface area contributed by atoms with Gasteiger partial charge in [0.2, 0.25) is 0 Å². The topological polar surface area (TPSA) is 34.0 Å². The minimum Gasteiger partial charge on any atom is -0.317 e. The van der Waals surface area contributed by atoms with Crippen LogP contribution in [0.5, 0.6) is 0 Å². The Bertz CT molecular complexity index is 422. The van der Waals surface area contributed by atoms with Gasteiger partial charge in [0.05, 0.1) is 4.47 Å². The Morgan fingerprint density at radius 1 is 1.50 bits per heavy atom. The normalized spacial score (nSPS) is 17.6. The van der Waals surface area contributed by atoms with Crippen molar-refractivity contribution in [1.82, 2.24) is 9.88 Å². The minimum atomic E-state index is 0.0872. The molecule has 0 aliphatic carbocycles. The van der Waals surface area contributed by atoms with Crippen LogP contribution in [0.3, 0.4) is 0 Å². The van der Waals surface area contributed by atoms with Crippen molar-refractivity contribution in [2.75, 3.05) is 13.1 Å². The molecule has 0 spiro atoms. The second-order valence-electron chi connectivity index (χ2n) is 4.52. The SMILES string of the molecule is Cc1cc(Br)c(=O)n(CC2CCNCC2)c1. The van der Waals surface area contributed by atoms with Gasteiger partial charge in [-0.2, -0.15) is 0 Å². The lowest BCUT2D eigenvalue weighted by molar-refractivity contribution is 0.329. The summed E-state index contributed by atoms with van der Waals surface area (Å²) in [6.07, 6.45) is 4.28. The molecule has 3 nitrogen and oxygen atoms in total. The molecule has 4 heteroatoms. The van der Waals surface area contributed by atoms with Gasteiger partial charge in [0.1, 0.15) is 0 Å². The Balaban J connectivity index is 2.17. The smallest absolute Gasteiger partial charge is 0.264 e. The van der Waals surface area contributed by atoms with Gasteiger partial charge in [-0.1, -0.05) is 0 Å².